The topological polar surface area (TPSA) is 29.1 Å². The molecule has 0 radical (unpaired) electrons. The lowest BCUT2D eigenvalue weighted by molar-refractivity contribution is -0.123. The minimum Gasteiger partial charge on any atom is -0.351 e. The van der Waals surface area contributed by atoms with Crippen molar-refractivity contribution in [2.24, 2.45) is 0 Å². The normalized spacial score (nSPS) is 16.6. The first-order valence-electron chi connectivity index (χ1n) is 6.24. The first kappa shape index (κ1) is 11.0. The molecule has 3 rings (SSSR count). The quantitative estimate of drug-likeness (QED) is 0.873. The Morgan fingerprint density at radius 2 is 1.78 bits per heavy atom. The summed E-state index contributed by atoms with van der Waals surface area (Å²) in [4.78, 5) is 12.1. The van der Waals surface area contributed by atoms with E-state index in [9.17, 15) is 4.79 Å². The Kier molecular flexibility index (Phi) is 2.85. The van der Waals surface area contributed by atoms with Crippen LogP contribution in [-0.2, 0) is 17.8 Å². The highest BCUT2D eigenvalue weighted by atomic mass is 16.1. The molecule has 1 unspecified atom stereocenters. The molecule has 1 atom stereocenters. The van der Waals surface area contributed by atoms with E-state index in [0.29, 0.717) is 6.54 Å². The van der Waals surface area contributed by atoms with Crippen molar-refractivity contribution in [1.29, 1.82) is 0 Å². The third kappa shape index (κ3) is 2.02. The summed E-state index contributed by atoms with van der Waals surface area (Å²) in [7, 11) is 0. The second-order valence-electron chi connectivity index (χ2n) is 4.66. The van der Waals surface area contributed by atoms with Gasteiger partial charge in [-0.3, -0.25) is 4.79 Å². The second-order valence-corrected chi connectivity index (χ2v) is 4.66. The molecule has 2 aromatic rings. The number of carbonyl (C=O) groups excluding carboxylic acids is 1. The number of nitrogens with one attached hydrogen (secondary N) is 1. The van der Waals surface area contributed by atoms with Gasteiger partial charge in [-0.05, 0) is 23.1 Å². The van der Waals surface area contributed by atoms with Crippen LogP contribution in [0.25, 0.3) is 0 Å². The van der Waals surface area contributed by atoms with Gasteiger partial charge in [0.25, 0.3) is 0 Å². The zero-order chi connectivity index (χ0) is 12.4. The van der Waals surface area contributed by atoms with Crippen LogP contribution in [0.1, 0.15) is 22.6 Å². The Balaban J connectivity index is 1.61. The van der Waals surface area contributed by atoms with Gasteiger partial charge in [-0.2, -0.15) is 0 Å². The summed E-state index contributed by atoms with van der Waals surface area (Å²) < 4.78 is 0. The van der Waals surface area contributed by atoms with Gasteiger partial charge in [0, 0.05) is 6.54 Å². The van der Waals surface area contributed by atoms with Gasteiger partial charge in [0.1, 0.15) is 0 Å². The molecule has 0 fully saturated rings. The van der Waals surface area contributed by atoms with Gasteiger partial charge in [0.2, 0.25) is 5.91 Å². The van der Waals surface area contributed by atoms with Crippen molar-refractivity contribution in [3.8, 4) is 0 Å². The van der Waals surface area contributed by atoms with Gasteiger partial charge in [-0.1, -0.05) is 54.6 Å². The van der Waals surface area contributed by atoms with E-state index in [1.807, 2.05) is 48.5 Å². The minimum absolute atomic E-state index is 0.0462. The molecular formula is C16H15NO. The highest BCUT2D eigenvalue weighted by Gasteiger charge is 2.31. The molecule has 2 aromatic carbocycles. The number of rotatable bonds is 3. The summed E-state index contributed by atoms with van der Waals surface area (Å²) >= 11 is 0. The monoisotopic (exact) mass is 237 g/mol. The van der Waals surface area contributed by atoms with Crippen LogP contribution in [-0.4, -0.2) is 5.91 Å². The Morgan fingerprint density at radius 1 is 1.06 bits per heavy atom. The van der Waals surface area contributed by atoms with Crippen LogP contribution in [0.3, 0.4) is 0 Å². The van der Waals surface area contributed by atoms with E-state index in [2.05, 4.69) is 11.4 Å². The lowest BCUT2D eigenvalue weighted by Crippen LogP contribution is -2.35. The summed E-state index contributed by atoms with van der Waals surface area (Å²) in [6.07, 6.45) is 0.872. The van der Waals surface area contributed by atoms with E-state index in [4.69, 9.17) is 0 Å². The Bertz CT molecular complexity index is 562. The van der Waals surface area contributed by atoms with Gasteiger partial charge >= 0.3 is 0 Å². The van der Waals surface area contributed by atoms with Crippen LogP contribution in [0.15, 0.2) is 54.6 Å². The van der Waals surface area contributed by atoms with Crippen molar-refractivity contribution < 1.29 is 4.79 Å². The molecule has 1 aliphatic rings. The molecular weight excluding hydrogens is 222 g/mol. The fraction of sp³-hybridized carbons (Fsp3) is 0.188. The molecule has 1 aliphatic carbocycles. The SMILES string of the molecule is O=C(NCc1ccccc1)C1Cc2ccccc21. The molecule has 0 saturated heterocycles. The van der Waals surface area contributed by atoms with Gasteiger partial charge in [0.05, 0.1) is 5.92 Å². The number of fused-ring (bicyclic) bond motifs is 1. The molecule has 0 aromatic heterocycles. The van der Waals surface area contributed by atoms with E-state index in [1.165, 1.54) is 11.1 Å². The van der Waals surface area contributed by atoms with E-state index in [0.717, 1.165) is 12.0 Å². The van der Waals surface area contributed by atoms with E-state index >= 15 is 0 Å². The fourth-order valence-corrected chi connectivity index (χ4v) is 2.40. The molecule has 18 heavy (non-hydrogen) atoms. The van der Waals surface area contributed by atoms with Crippen LogP contribution in [0.2, 0.25) is 0 Å². The summed E-state index contributed by atoms with van der Waals surface area (Å²) in [5, 5.41) is 3.00. The maximum Gasteiger partial charge on any atom is 0.228 e. The van der Waals surface area contributed by atoms with Crippen LogP contribution < -0.4 is 5.32 Å². The zero-order valence-corrected chi connectivity index (χ0v) is 10.1. The van der Waals surface area contributed by atoms with Crippen molar-refractivity contribution in [3.63, 3.8) is 0 Å². The largest absolute Gasteiger partial charge is 0.351 e. The highest BCUT2D eigenvalue weighted by molar-refractivity contribution is 5.86. The molecule has 0 spiro atoms. The summed E-state index contributed by atoms with van der Waals surface area (Å²) in [5.41, 5.74) is 3.62. The van der Waals surface area contributed by atoms with Crippen molar-refractivity contribution in [2.75, 3.05) is 0 Å². The summed E-state index contributed by atoms with van der Waals surface area (Å²) in [6.45, 7) is 0.609. The van der Waals surface area contributed by atoms with E-state index in [-0.39, 0.29) is 11.8 Å². The van der Waals surface area contributed by atoms with Crippen LogP contribution in [0.5, 0.6) is 0 Å². The Labute approximate surface area is 107 Å². The number of hydrogen-bond acceptors (Lipinski definition) is 1. The third-order valence-electron chi connectivity index (χ3n) is 3.48. The Morgan fingerprint density at radius 3 is 2.56 bits per heavy atom. The maximum absolute atomic E-state index is 12.1. The average Bonchev–Trinajstić information content (AvgIpc) is 2.39. The first-order chi connectivity index (χ1) is 8.84. The molecule has 90 valence electrons. The smallest absolute Gasteiger partial charge is 0.228 e. The predicted molar refractivity (Wildman–Crippen MR) is 71.2 cm³/mol. The standard InChI is InChI=1S/C16H15NO/c18-16(17-11-12-6-2-1-3-7-12)15-10-13-8-4-5-9-14(13)15/h1-9,15H,10-11H2,(H,17,18). The molecule has 0 heterocycles. The summed E-state index contributed by atoms with van der Waals surface area (Å²) in [6, 6.07) is 18.2. The van der Waals surface area contributed by atoms with E-state index < -0.39 is 0 Å². The minimum atomic E-state index is 0.0462. The zero-order valence-electron chi connectivity index (χ0n) is 10.1. The van der Waals surface area contributed by atoms with E-state index in [1.54, 1.807) is 0 Å². The number of benzene rings is 2. The van der Waals surface area contributed by atoms with Gasteiger partial charge in [-0.15, -0.1) is 0 Å². The number of amides is 1. The predicted octanol–water partition coefficient (Wildman–Crippen LogP) is 2.64. The highest BCUT2D eigenvalue weighted by Crippen LogP contribution is 2.34. The number of carbonyl (C=O) groups is 1. The molecule has 0 saturated carbocycles. The van der Waals surface area contributed by atoms with Crippen molar-refractivity contribution in [2.45, 2.75) is 18.9 Å². The average molecular weight is 237 g/mol. The lowest BCUT2D eigenvalue weighted by atomic mass is 9.77. The Hall–Kier alpha value is -2.09. The number of hydrogen-bond donors (Lipinski definition) is 1. The summed E-state index contributed by atoms with van der Waals surface area (Å²) in [5.74, 6) is 0.183. The lowest BCUT2D eigenvalue weighted by Gasteiger charge is -2.28. The van der Waals surface area contributed by atoms with Crippen molar-refractivity contribution in [1.82, 2.24) is 5.32 Å². The van der Waals surface area contributed by atoms with Gasteiger partial charge in [0.15, 0.2) is 0 Å². The fourth-order valence-electron chi connectivity index (χ4n) is 2.40. The van der Waals surface area contributed by atoms with Crippen molar-refractivity contribution in [3.05, 3.63) is 71.3 Å². The van der Waals surface area contributed by atoms with Gasteiger partial charge < -0.3 is 5.32 Å². The molecule has 0 aliphatic heterocycles. The molecule has 2 heteroatoms. The molecule has 0 bridgehead atoms. The van der Waals surface area contributed by atoms with Crippen LogP contribution in [0.4, 0.5) is 0 Å². The second kappa shape index (κ2) is 4.65. The molecule has 1 amide bonds. The van der Waals surface area contributed by atoms with Crippen LogP contribution in [0, 0.1) is 0 Å². The first-order valence-corrected chi connectivity index (χ1v) is 6.24. The molecule has 2 nitrogen and oxygen atoms in total. The third-order valence-corrected chi connectivity index (χ3v) is 3.48. The molecule has 1 N–H and O–H groups in total. The van der Waals surface area contributed by atoms with Gasteiger partial charge in [-0.25, -0.2) is 0 Å². The van der Waals surface area contributed by atoms with Crippen molar-refractivity contribution >= 4 is 5.91 Å². The maximum atomic E-state index is 12.1. The van der Waals surface area contributed by atoms with Crippen LogP contribution >= 0.6 is 0 Å².